The maximum Gasteiger partial charge on any atom is 0.249 e. The van der Waals surface area contributed by atoms with Gasteiger partial charge in [-0.25, -0.2) is 15.0 Å². The number of hydrogen-bond donors (Lipinski definition) is 0. The summed E-state index contributed by atoms with van der Waals surface area (Å²) in [6.07, 6.45) is 9.37. The minimum absolute atomic E-state index is 0.143. The summed E-state index contributed by atoms with van der Waals surface area (Å²) in [5.74, 6) is 3.12. The molecular formula is C17H16N6O2. The van der Waals surface area contributed by atoms with Gasteiger partial charge in [0.1, 0.15) is 11.9 Å². The highest BCUT2D eigenvalue weighted by atomic mass is 16.5. The van der Waals surface area contributed by atoms with Crippen LogP contribution in [0, 0.1) is 0 Å². The molecule has 0 N–H and O–H groups in total. The lowest BCUT2D eigenvalue weighted by molar-refractivity contribution is 0.343. The van der Waals surface area contributed by atoms with Crippen LogP contribution in [0.5, 0.6) is 0 Å². The molecule has 8 heteroatoms. The lowest BCUT2D eigenvalue weighted by Gasteiger charge is -2.12. The van der Waals surface area contributed by atoms with Gasteiger partial charge in [-0.1, -0.05) is 12.1 Å². The van der Waals surface area contributed by atoms with E-state index in [2.05, 4.69) is 25.1 Å². The van der Waals surface area contributed by atoms with Crippen molar-refractivity contribution in [2.75, 3.05) is 0 Å². The monoisotopic (exact) mass is 336 g/mol. The van der Waals surface area contributed by atoms with Crippen molar-refractivity contribution in [3.63, 3.8) is 0 Å². The molecule has 0 aliphatic carbocycles. The van der Waals surface area contributed by atoms with Crippen LogP contribution in [-0.4, -0.2) is 29.7 Å². The van der Waals surface area contributed by atoms with Crippen LogP contribution in [0.15, 0.2) is 52.1 Å². The number of imidazole rings is 1. The molecule has 8 nitrogen and oxygen atoms in total. The minimum Gasteiger partial charge on any atom is -0.461 e. The van der Waals surface area contributed by atoms with E-state index in [4.69, 9.17) is 8.94 Å². The molecule has 1 atom stereocenters. The zero-order chi connectivity index (χ0) is 17.2. The van der Waals surface area contributed by atoms with Crippen molar-refractivity contribution in [1.29, 1.82) is 0 Å². The molecule has 0 aliphatic rings. The molecule has 0 aliphatic heterocycles. The van der Waals surface area contributed by atoms with Crippen LogP contribution in [0.4, 0.5) is 0 Å². The van der Waals surface area contributed by atoms with E-state index in [1.54, 1.807) is 30.9 Å². The van der Waals surface area contributed by atoms with E-state index < -0.39 is 0 Å². The summed E-state index contributed by atoms with van der Waals surface area (Å²) >= 11 is 0. The first-order valence-electron chi connectivity index (χ1n) is 7.98. The molecule has 4 heterocycles. The van der Waals surface area contributed by atoms with E-state index in [1.165, 1.54) is 0 Å². The van der Waals surface area contributed by atoms with Gasteiger partial charge in [-0.2, -0.15) is 4.98 Å². The predicted molar refractivity (Wildman–Crippen MR) is 88.4 cm³/mol. The van der Waals surface area contributed by atoms with Gasteiger partial charge in [0.15, 0.2) is 17.4 Å². The zero-order valence-electron chi connectivity index (χ0n) is 13.8. The number of aromatic nitrogens is 6. The molecule has 4 rings (SSSR count). The van der Waals surface area contributed by atoms with Gasteiger partial charge < -0.3 is 13.5 Å². The molecule has 0 saturated heterocycles. The van der Waals surface area contributed by atoms with E-state index in [-0.39, 0.29) is 6.04 Å². The molecule has 0 unspecified atom stereocenters. The highest BCUT2D eigenvalue weighted by Gasteiger charge is 2.19. The number of hydrogen-bond acceptors (Lipinski definition) is 7. The van der Waals surface area contributed by atoms with E-state index in [9.17, 15) is 0 Å². The first kappa shape index (κ1) is 15.3. The topological polar surface area (TPSA) is 95.7 Å². The lowest BCUT2D eigenvalue weighted by Crippen LogP contribution is -2.08. The molecule has 126 valence electrons. The highest BCUT2D eigenvalue weighted by Crippen LogP contribution is 2.25. The summed E-state index contributed by atoms with van der Waals surface area (Å²) in [5.41, 5.74) is 0.794. The Morgan fingerprint density at radius 3 is 2.72 bits per heavy atom. The smallest absolute Gasteiger partial charge is 0.249 e. The van der Waals surface area contributed by atoms with Crippen LogP contribution < -0.4 is 0 Å². The maximum absolute atomic E-state index is 5.35. The summed E-state index contributed by atoms with van der Waals surface area (Å²) in [4.78, 5) is 17.5. The fourth-order valence-electron chi connectivity index (χ4n) is 2.53. The molecule has 0 spiro atoms. The number of nitrogens with zero attached hydrogens (tertiary/aromatic N) is 6. The summed E-state index contributed by atoms with van der Waals surface area (Å²) < 4.78 is 12.6. The van der Waals surface area contributed by atoms with Crippen LogP contribution in [0.25, 0.3) is 23.0 Å². The zero-order valence-corrected chi connectivity index (χ0v) is 13.8. The van der Waals surface area contributed by atoms with Crippen molar-refractivity contribution in [1.82, 2.24) is 29.7 Å². The molecular weight excluding hydrogens is 320 g/mol. The van der Waals surface area contributed by atoms with E-state index >= 15 is 0 Å². The van der Waals surface area contributed by atoms with E-state index in [0.29, 0.717) is 23.3 Å². The third-order valence-corrected chi connectivity index (χ3v) is 3.89. The molecule has 4 aromatic heterocycles. The van der Waals surface area contributed by atoms with Crippen LogP contribution in [0.3, 0.4) is 0 Å². The average molecular weight is 336 g/mol. The van der Waals surface area contributed by atoms with Crippen LogP contribution in [0.1, 0.15) is 31.6 Å². The molecule has 0 aromatic carbocycles. The maximum atomic E-state index is 5.35. The van der Waals surface area contributed by atoms with Crippen LogP contribution in [-0.2, 0) is 6.42 Å². The van der Waals surface area contributed by atoms with Crippen LogP contribution >= 0.6 is 0 Å². The number of rotatable bonds is 5. The third kappa shape index (κ3) is 2.82. The predicted octanol–water partition coefficient (Wildman–Crippen LogP) is 3.15. The Hall–Kier alpha value is -3.29. The number of furan rings is 1. The van der Waals surface area contributed by atoms with Crippen molar-refractivity contribution in [2.45, 2.75) is 26.3 Å². The molecule has 0 amide bonds. The lowest BCUT2D eigenvalue weighted by atomic mass is 10.2. The Kier molecular flexibility index (Phi) is 3.85. The SMILES string of the molecule is CCc1noc([C@@H](C)n2ccnc2-c2cnc(-c3ccco3)nc2)n1. The van der Waals surface area contributed by atoms with Crippen molar-refractivity contribution < 1.29 is 8.94 Å². The fraction of sp³-hybridized carbons (Fsp3) is 0.235. The summed E-state index contributed by atoms with van der Waals surface area (Å²) in [6, 6.07) is 3.48. The van der Waals surface area contributed by atoms with Gasteiger partial charge in [0, 0.05) is 31.2 Å². The minimum atomic E-state index is -0.143. The Morgan fingerprint density at radius 1 is 1.20 bits per heavy atom. The highest BCUT2D eigenvalue weighted by molar-refractivity contribution is 5.56. The third-order valence-electron chi connectivity index (χ3n) is 3.89. The normalized spacial score (nSPS) is 12.4. The molecule has 0 saturated carbocycles. The van der Waals surface area contributed by atoms with Gasteiger partial charge in [-0.05, 0) is 19.1 Å². The second-order valence-corrected chi connectivity index (χ2v) is 5.51. The molecule has 0 radical (unpaired) electrons. The second-order valence-electron chi connectivity index (χ2n) is 5.51. The largest absolute Gasteiger partial charge is 0.461 e. The van der Waals surface area contributed by atoms with Crippen molar-refractivity contribution in [3.8, 4) is 23.0 Å². The van der Waals surface area contributed by atoms with Gasteiger partial charge in [0.25, 0.3) is 0 Å². The van der Waals surface area contributed by atoms with E-state index in [0.717, 1.165) is 17.8 Å². The van der Waals surface area contributed by atoms with Crippen molar-refractivity contribution >= 4 is 0 Å². The Labute approximate surface area is 143 Å². The van der Waals surface area contributed by atoms with Gasteiger partial charge in [0.05, 0.1) is 11.8 Å². The summed E-state index contributed by atoms with van der Waals surface area (Å²) in [6.45, 7) is 3.97. The first-order valence-corrected chi connectivity index (χ1v) is 7.98. The summed E-state index contributed by atoms with van der Waals surface area (Å²) in [7, 11) is 0. The Bertz CT molecular complexity index is 955. The quantitative estimate of drug-likeness (QED) is 0.552. The average Bonchev–Trinajstić information content (AvgIpc) is 3.42. The van der Waals surface area contributed by atoms with Crippen molar-refractivity contribution in [3.05, 3.63) is 54.9 Å². The van der Waals surface area contributed by atoms with Gasteiger partial charge >= 0.3 is 0 Å². The standard InChI is InChI=1S/C17H16N6O2/c1-3-14-21-17(25-22-14)11(2)23-7-6-18-16(23)12-9-19-15(20-10-12)13-5-4-8-24-13/h4-11H,3H2,1-2H3/t11-/m1/s1. The van der Waals surface area contributed by atoms with Gasteiger partial charge in [-0.3, -0.25) is 0 Å². The van der Waals surface area contributed by atoms with E-state index in [1.807, 2.05) is 30.7 Å². The van der Waals surface area contributed by atoms with Gasteiger partial charge in [-0.15, -0.1) is 0 Å². The summed E-state index contributed by atoms with van der Waals surface area (Å²) in [5, 5.41) is 3.95. The van der Waals surface area contributed by atoms with Gasteiger partial charge in [0.2, 0.25) is 5.89 Å². The molecule has 0 fully saturated rings. The fourth-order valence-corrected chi connectivity index (χ4v) is 2.53. The van der Waals surface area contributed by atoms with Crippen LogP contribution in [0.2, 0.25) is 0 Å². The Morgan fingerprint density at radius 2 is 2.04 bits per heavy atom. The first-order chi connectivity index (χ1) is 12.3. The molecule has 4 aromatic rings. The Balaban J connectivity index is 1.65. The number of aryl methyl sites for hydroxylation is 1. The van der Waals surface area contributed by atoms with Crippen molar-refractivity contribution in [2.24, 2.45) is 0 Å². The second kappa shape index (κ2) is 6.31. The molecule has 0 bridgehead atoms. The molecule has 25 heavy (non-hydrogen) atoms.